The maximum absolute atomic E-state index is 6.57. The molecule has 0 N–H and O–H groups in total. The van der Waals surface area contributed by atoms with Crippen molar-refractivity contribution in [3.8, 4) is 22.6 Å². The fourth-order valence-electron chi connectivity index (χ4n) is 7.16. The van der Waals surface area contributed by atoms with Gasteiger partial charge in [-0.05, 0) is 82.6 Å². The topological polar surface area (TPSA) is 29.3 Å². The fourth-order valence-corrected chi connectivity index (χ4v) is 8.24. The molecule has 3 nitrogen and oxygen atoms in total. The predicted octanol–water partition coefficient (Wildman–Crippen LogP) is 13.3. The quantitative estimate of drug-likeness (QED) is 0.175. The molecule has 0 saturated heterocycles. The maximum atomic E-state index is 6.57. The molecular weight excluding hydrogens is 617 g/mol. The normalized spacial score (nSPS) is 11.7. The largest absolute Gasteiger partial charge is 0.435 e. The molecule has 0 atom stereocenters. The van der Waals surface area contributed by atoms with Gasteiger partial charge in [-0.15, -0.1) is 11.3 Å². The Morgan fingerprint density at radius 3 is 1.84 bits per heavy atom. The molecule has 0 bridgehead atoms. The van der Waals surface area contributed by atoms with Crippen LogP contribution in [0.3, 0.4) is 0 Å². The molecule has 49 heavy (non-hydrogen) atoms. The van der Waals surface area contributed by atoms with Gasteiger partial charge in [0.05, 0.1) is 0 Å². The third-order valence-electron chi connectivity index (χ3n) is 9.47. The van der Waals surface area contributed by atoms with Crippen molar-refractivity contribution < 1.29 is 4.42 Å². The van der Waals surface area contributed by atoms with Crippen LogP contribution >= 0.6 is 11.3 Å². The van der Waals surface area contributed by atoms with E-state index < -0.39 is 0 Å². The highest BCUT2D eigenvalue weighted by molar-refractivity contribution is 7.25. The Kier molecular flexibility index (Phi) is 6.36. The van der Waals surface area contributed by atoms with Gasteiger partial charge in [0.25, 0.3) is 0 Å². The summed E-state index contributed by atoms with van der Waals surface area (Å²) in [6.45, 7) is 0. The molecule has 230 valence electrons. The number of hydrogen-bond acceptors (Lipinski definition) is 4. The lowest BCUT2D eigenvalue weighted by molar-refractivity contribution is 0.623. The van der Waals surface area contributed by atoms with E-state index in [-0.39, 0.29) is 0 Å². The van der Waals surface area contributed by atoms with E-state index >= 15 is 0 Å². The Balaban J connectivity index is 1.12. The number of rotatable bonds is 5. The average Bonchev–Trinajstić information content (AvgIpc) is 3.79. The number of aromatic nitrogens is 1. The molecule has 10 aromatic rings. The molecule has 2 heterocycles. The number of nitrogens with zero attached hydrogens (tertiary/aromatic N) is 2. The van der Waals surface area contributed by atoms with Crippen LogP contribution in [-0.4, -0.2) is 4.98 Å². The van der Waals surface area contributed by atoms with E-state index in [4.69, 9.17) is 9.40 Å². The lowest BCUT2D eigenvalue weighted by Crippen LogP contribution is -2.10. The van der Waals surface area contributed by atoms with E-state index in [0.717, 1.165) is 44.5 Å². The molecule has 10 rings (SSSR count). The van der Waals surface area contributed by atoms with Gasteiger partial charge in [-0.25, -0.2) is 4.98 Å². The maximum Gasteiger partial charge on any atom is 0.227 e. The predicted molar refractivity (Wildman–Crippen MR) is 207 cm³/mol. The molecule has 4 heteroatoms. The van der Waals surface area contributed by atoms with Crippen molar-refractivity contribution in [1.82, 2.24) is 4.98 Å². The molecule has 0 amide bonds. The highest BCUT2D eigenvalue weighted by Gasteiger charge is 2.19. The standard InChI is InChI=1S/C45H28N2OS/c1-2-11-29(12-3-1)31-13-10-14-33(27-31)47(34-25-26-42-40(28-34)37-17-8-9-20-41(37)49-42)32-23-21-30(22-24-32)45-46-43-38-18-6-4-15-35(38)36-16-5-7-19-39(36)44(43)48-45/h1-28H. The van der Waals surface area contributed by atoms with Crippen LogP contribution in [0.5, 0.6) is 0 Å². The van der Waals surface area contributed by atoms with Crippen LogP contribution < -0.4 is 4.90 Å². The molecule has 0 unspecified atom stereocenters. The lowest BCUT2D eigenvalue weighted by atomic mass is 10.0. The number of benzene rings is 8. The van der Waals surface area contributed by atoms with Crippen molar-refractivity contribution in [3.63, 3.8) is 0 Å². The molecule has 0 radical (unpaired) electrons. The van der Waals surface area contributed by atoms with Crippen molar-refractivity contribution in [2.24, 2.45) is 0 Å². The van der Waals surface area contributed by atoms with Gasteiger partial charge in [0.1, 0.15) is 5.52 Å². The van der Waals surface area contributed by atoms with Gasteiger partial charge in [0.15, 0.2) is 5.58 Å². The van der Waals surface area contributed by atoms with Crippen molar-refractivity contribution in [2.75, 3.05) is 4.90 Å². The minimum absolute atomic E-state index is 0.617. The van der Waals surface area contributed by atoms with Gasteiger partial charge in [0, 0.05) is 53.6 Å². The summed E-state index contributed by atoms with van der Waals surface area (Å²) in [6, 6.07) is 60.3. The number of oxazole rings is 1. The van der Waals surface area contributed by atoms with Crippen LogP contribution in [0, 0.1) is 0 Å². The minimum atomic E-state index is 0.617. The summed E-state index contributed by atoms with van der Waals surface area (Å²) in [5, 5.41) is 7.09. The first-order valence-corrected chi connectivity index (χ1v) is 17.3. The molecule has 0 aliphatic rings. The first-order valence-electron chi connectivity index (χ1n) is 16.5. The van der Waals surface area contributed by atoms with Gasteiger partial charge in [0.2, 0.25) is 5.89 Å². The fraction of sp³-hybridized carbons (Fsp3) is 0. The molecule has 2 aromatic heterocycles. The smallest absolute Gasteiger partial charge is 0.227 e. The van der Waals surface area contributed by atoms with Gasteiger partial charge in [-0.3, -0.25) is 0 Å². The van der Waals surface area contributed by atoms with Gasteiger partial charge < -0.3 is 9.32 Å². The molecule has 0 aliphatic carbocycles. The summed E-state index contributed by atoms with van der Waals surface area (Å²) in [5.74, 6) is 0.617. The Bertz CT molecular complexity index is 2760. The molecule has 0 spiro atoms. The molecule has 0 fully saturated rings. The van der Waals surface area contributed by atoms with E-state index in [2.05, 4.69) is 175 Å². The van der Waals surface area contributed by atoms with Crippen molar-refractivity contribution >= 4 is 81.2 Å². The van der Waals surface area contributed by atoms with Gasteiger partial charge in [-0.1, -0.05) is 109 Å². The molecular formula is C45H28N2OS. The monoisotopic (exact) mass is 644 g/mol. The van der Waals surface area contributed by atoms with E-state index in [0.29, 0.717) is 5.89 Å². The second-order valence-electron chi connectivity index (χ2n) is 12.4. The summed E-state index contributed by atoms with van der Waals surface area (Å²) in [7, 11) is 0. The third kappa shape index (κ3) is 4.61. The Labute approximate surface area is 286 Å². The van der Waals surface area contributed by atoms with E-state index in [9.17, 15) is 0 Å². The molecule has 0 aliphatic heterocycles. The zero-order valence-corrected chi connectivity index (χ0v) is 27.2. The van der Waals surface area contributed by atoms with Crippen molar-refractivity contribution in [1.29, 1.82) is 0 Å². The van der Waals surface area contributed by atoms with Crippen molar-refractivity contribution in [2.45, 2.75) is 0 Å². The Hall–Kier alpha value is -6.23. The minimum Gasteiger partial charge on any atom is -0.435 e. The second-order valence-corrected chi connectivity index (χ2v) is 13.4. The van der Waals surface area contributed by atoms with E-state index in [1.807, 2.05) is 11.3 Å². The number of anilines is 3. The van der Waals surface area contributed by atoms with Crippen LogP contribution in [0.25, 0.3) is 75.4 Å². The Morgan fingerprint density at radius 1 is 0.408 bits per heavy atom. The van der Waals surface area contributed by atoms with Crippen molar-refractivity contribution in [3.05, 3.63) is 170 Å². The molecule has 0 saturated carbocycles. The molecule has 8 aromatic carbocycles. The van der Waals surface area contributed by atoms with E-state index in [1.165, 1.54) is 42.1 Å². The Morgan fingerprint density at radius 2 is 1.02 bits per heavy atom. The summed E-state index contributed by atoms with van der Waals surface area (Å²) in [6.07, 6.45) is 0. The highest BCUT2D eigenvalue weighted by Crippen LogP contribution is 2.42. The van der Waals surface area contributed by atoms with Crippen LogP contribution in [0.1, 0.15) is 0 Å². The van der Waals surface area contributed by atoms with E-state index in [1.54, 1.807) is 0 Å². The van der Waals surface area contributed by atoms with Gasteiger partial charge >= 0.3 is 0 Å². The van der Waals surface area contributed by atoms with Crippen LogP contribution in [0.2, 0.25) is 0 Å². The average molecular weight is 645 g/mol. The summed E-state index contributed by atoms with van der Waals surface area (Å²) >= 11 is 1.84. The number of hydrogen-bond donors (Lipinski definition) is 0. The number of fused-ring (bicyclic) bond motifs is 9. The van der Waals surface area contributed by atoms with Crippen LogP contribution in [-0.2, 0) is 0 Å². The third-order valence-corrected chi connectivity index (χ3v) is 10.6. The van der Waals surface area contributed by atoms with Crippen LogP contribution in [0.15, 0.2) is 174 Å². The summed E-state index contributed by atoms with van der Waals surface area (Å²) < 4.78 is 9.15. The highest BCUT2D eigenvalue weighted by atomic mass is 32.1. The second kappa shape index (κ2) is 11.2. The van der Waals surface area contributed by atoms with Gasteiger partial charge in [-0.2, -0.15) is 0 Å². The lowest BCUT2D eigenvalue weighted by Gasteiger charge is -2.26. The first-order chi connectivity index (χ1) is 24.3. The summed E-state index contributed by atoms with van der Waals surface area (Å²) in [5.41, 5.74) is 8.27. The first kappa shape index (κ1) is 27.8. The van der Waals surface area contributed by atoms with Crippen LogP contribution in [0.4, 0.5) is 17.1 Å². The SMILES string of the molecule is c1ccc(-c2cccc(N(c3ccc(-c4nc5c6ccccc6c6ccccc6c5o4)cc3)c3ccc4sc5ccccc5c4c3)c2)cc1. The summed E-state index contributed by atoms with van der Waals surface area (Å²) in [4.78, 5) is 7.42. The number of thiophene rings is 1. The zero-order valence-electron chi connectivity index (χ0n) is 26.4. The zero-order chi connectivity index (χ0) is 32.3.